The first-order valence-electron chi connectivity index (χ1n) is 7.24. The summed E-state index contributed by atoms with van der Waals surface area (Å²) < 4.78 is 0.958. The molecule has 2 unspecified atom stereocenters. The second-order valence-electron chi connectivity index (χ2n) is 5.84. The maximum atomic E-state index is 12.8. The average Bonchev–Trinajstić information content (AvgIpc) is 2.85. The van der Waals surface area contributed by atoms with Gasteiger partial charge in [-0.05, 0) is 59.7 Å². The molecule has 3 heteroatoms. The van der Waals surface area contributed by atoms with Crippen LogP contribution < -0.4 is 0 Å². The summed E-state index contributed by atoms with van der Waals surface area (Å²) in [6.45, 7) is 2.98. The third-order valence-corrected chi connectivity index (χ3v) is 5.75. The molecule has 1 aliphatic carbocycles. The van der Waals surface area contributed by atoms with Crippen molar-refractivity contribution in [3.05, 3.63) is 33.8 Å². The van der Waals surface area contributed by atoms with E-state index in [1.807, 2.05) is 25.1 Å². The standard InChI is InChI=1S/C16H20BrNO/c1-11-5-4-7-13(15(11)17)16(19)18-10-9-12-6-2-3-8-14(12)18/h4-5,7,12,14H,2-3,6,8-10H2,1H3. The highest BCUT2D eigenvalue weighted by atomic mass is 79.9. The van der Waals surface area contributed by atoms with Crippen molar-refractivity contribution in [2.24, 2.45) is 5.92 Å². The molecule has 1 aromatic rings. The summed E-state index contributed by atoms with van der Waals surface area (Å²) in [5.74, 6) is 0.964. The van der Waals surface area contributed by atoms with Crippen molar-refractivity contribution in [1.29, 1.82) is 0 Å². The normalized spacial score (nSPS) is 26.3. The van der Waals surface area contributed by atoms with Crippen molar-refractivity contribution >= 4 is 21.8 Å². The quantitative estimate of drug-likeness (QED) is 0.760. The van der Waals surface area contributed by atoms with E-state index in [1.54, 1.807) is 0 Å². The first-order chi connectivity index (χ1) is 9.18. The van der Waals surface area contributed by atoms with Gasteiger partial charge in [-0.1, -0.05) is 25.0 Å². The van der Waals surface area contributed by atoms with Crippen molar-refractivity contribution < 1.29 is 4.79 Å². The molecule has 0 aromatic heterocycles. The Kier molecular flexibility index (Phi) is 3.66. The molecule has 1 aromatic carbocycles. The van der Waals surface area contributed by atoms with E-state index in [0.29, 0.717) is 6.04 Å². The largest absolute Gasteiger partial charge is 0.335 e. The van der Waals surface area contributed by atoms with E-state index >= 15 is 0 Å². The lowest BCUT2D eigenvalue weighted by molar-refractivity contribution is 0.0689. The van der Waals surface area contributed by atoms with Crippen LogP contribution in [0.3, 0.4) is 0 Å². The lowest BCUT2D eigenvalue weighted by Gasteiger charge is -2.32. The van der Waals surface area contributed by atoms with Gasteiger partial charge in [0.25, 0.3) is 5.91 Å². The molecule has 2 nitrogen and oxygen atoms in total. The van der Waals surface area contributed by atoms with Crippen LogP contribution in [-0.2, 0) is 0 Å². The minimum absolute atomic E-state index is 0.213. The van der Waals surface area contributed by atoms with Crippen LogP contribution in [0.5, 0.6) is 0 Å². The number of halogens is 1. The van der Waals surface area contributed by atoms with E-state index in [9.17, 15) is 4.79 Å². The number of benzene rings is 1. The van der Waals surface area contributed by atoms with Gasteiger partial charge in [-0.15, -0.1) is 0 Å². The predicted molar refractivity (Wildman–Crippen MR) is 80.3 cm³/mol. The van der Waals surface area contributed by atoms with Gasteiger partial charge in [-0.2, -0.15) is 0 Å². The van der Waals surface area contributed by atoms with E-state index in [2.05, 4.69) is 20.8 Å². The summed E-state index contributed by atoms with van der Waals surface area (Å²) in [6.07, 6.45) is 6.32. The average molecular weight is 322 g/mol. The molecule has 2 aliphatic rings. The summed E-state index contributed by atoms with van der Waals surface area (Å²) in [5.41, 5.74) is 1.96. The topological polar surface area (TPSA) is 20.3 Å². The molecule has 102 valence electrons. The molecular formula is C16H20BrNO. The van der Waals surface area contributed by atoms with Crippen LogP contribution in [0.25, 0.3) is 0 Å². The van der Waals surface area contributed by atoms with Crippen molar-refractivity contribution in [2.45, 2.75) is 45.1 Å². The highest BCUT2D eigenvalue weighted by Crippen LogP contribution is 2.37. The van der Waals surface area contributed by atoms with Gasteiger partial charge in [0.15, 0.2) is 0 Å². The Morgan fingerprint density at radius 2 is 2.05 bits per heavy atom. The maximum Gasteiger partial charge on any atom is 0.255 e. The van der Waals surface area contributed by atoms with Gasteiger partial charge in [0.1, 0.15) is 0 Å². The molecule has 2 atom stereocenters. The summed E-state index contributed by atoms with van der Waals surface area (Å²) in [6, 6.07) is 6.44. The Morgan fingerprint density at radius 3 is 2.89 bits per heavy atom. The van der Waals surface area contributed by atoms with Crippen LogP contribution in [0.1, 0.15) is 48.0 Å². The van der Waals surface area contributed by atoms with Crippen LogP contribution in [-0.4, -0.2) is 23.4 Å². The van der Waals surface area contributed by atoms with Crippen LogP contribution in [0, 0.1) is 12.8 Å². The van der Waals surface area contributed by atoms with E-state index in [0.717, 1.165) is 28.1 Å². The molecule has 2 fully saturated rings. The van der Waals surface area contributed by atoms with E-state index < -0.39 is 0 Å². The number of amides is 1. The van der Waals surface area contributed by atoms with E-state index in [4.69, 9.17) is 0 Å². The first-order valence-corrected chi connectivity index (χ1v) is 8.04. The Morgan fingerprint density at radius 1 is 1.26 bits per heavy atom. The van der Waals surface area contributed by atoms with Gasteiger partial charge in [0.05, 0.1) is 5.56 Å². The van der Waals surface area contributed by atoms with Gasteiger partial charge in [0, 0.05) is 17.1 Å². The lowest BCUT2D eigenvalue weighted by Crippen LogP contribution is -2.39. The van der Waals surface area contributed by atoms with Crippen molar-refractivity contribution in [3.8, 4) is 0 Å². The molecule has 0 bridgehead atoms. The Labute approximate surface area is 123 Å². The molecule has 0 spiro atoms. The second kappa shape index (κ2) is 5.28. The number of aryl methyl sites for hydroxylation is 1. The predicted octanol–water partition coefficient (Wildman–Crippen LogP) is 4.16. The van der Waals surface area contributed by atoms with E-state index in [-0.39, 0.29) is 5.91 Å². The molecule has 1 saturated carbocycles. The van der Waals surface area contributed by atoms with Crippen molar-refractivity contribution in [3.63, 3.8) is 0 Å². The molecule has 19 heavy (non-hydrogen) atoms. The number of carbonyl (C=O) groups is 1. The molecule has 3 rings (SSSR count). The number of fused-ring (bicyclic) bond motifs is 1. The third kappa shape index (κ3) is 2.33. The fourth-order valence-corrected chi connectivity index (χ4v) is 4.06. The van der Waals surface area contributed by atoms with Gasteiger partial charge < -0.3 is 4.90 Å². The zero-order valence-corrected chi connectivity index (χ0v) is 12.9. The molecule has 0 N–H and O–H groups in total. The highest BCUT2D eigenvalue weighted by molar-refractivity contribution is 9.10. The van der Waals surface area contributed by atoms with Gasteiger partial charge in [0.2, 0.25) is 0 Å². The zero-order chi connectivity index (χ0) is 13.4. The van der Waals surface area contributed by atoms with Crippen LogP contribution in [0.15, 0.2) is 22.7 Å². The molecule has 1 heterocycles. The minimum atomic E-state index is 0.213. The smallest absolute Gasteiger partial charge is 0.255 e. The van der Waals surface area contributed by atoms with Crippen LogP contribution >= 0.6 is 15.9 Å². The maximum absolute atomic E-state index is 12.8. The fraction of sp³-hybridized carbons (Fsp3) is 0.562. The summed E-state index contributed by atoms with van der Waals surface area (Å²) in [5, 5.41) is 0. The molecular weight excluding hydrogens is 302 g/mol. The number of hydrogen-bond donors (Lipinski definition) is 0. The molecule has 1 amide bonds. The number of carbonyl (C=O) groups excluding carboxylic acids is 1. The summed E-state index contributed by atoms with van der Waals surface area (Å²) in [4.78, 5) is 14.9. The van der Waals surface area contributed by atoms with Crippen LogP contribution in [0.4, 0.5) is 0 Å². The number of hydrogen-bond acceptors (Lipinski definition) is 1. The summed E-state index contributed by atoms with van der Waals surface area (Å²) >= 11 is 3.57. The van der Waals surface area contributed by atoms with Gasteiger partial charge in [-0.3, -0.25) is 4.79 Å². The first kappa shape index (κ1) is 13.2. The zero-order valence-electron chi connectivity index (χ0n) is 11.4. The summed E-state index contributed by atoms with van der Waals surface area (Å²) in [7, 11) is 0. The number of likely N-dealkylation sites (tertiary alicyclic amines) is 1. The van der Waals surface area contributed by atoms with Gasteiger partial charge >= 0.3 is 0 Å². The second-order valence-corrected chi connectivity index (χ2v) is 6.63. The fourth-order valence-electron chi connectivity index (χ4n) is 3.63. The number of nitrogens with zero attached hydrogens (tertiary/aromatic N) is 1. The van der Waals surface area contributed by atoms with Crippen molar-refractivity contribution in [2.75, 3.05) is 6.54 Å². The number of rotatable bonds is 1. The molecule has 0 radical (unpaired) electrons. The minimum Gasteiger partial charge on any atom is -0.335 e. The Balaban J connectivity index is 1.86. The molecule has 1 aliphatic heterocycles. The SMILES string of the molecule is Cc1cccc(C(=O)N2CCC3CCCCC32)c1Br. The van der Waals surface area contributed by atoms with Gasteiger partial charge in [-0.25, -0.2) is 0 Å². The lowest BCUT2D eigenvalue weighted by atomic mass is 9.85. The third-order valence-electron chi connectivity index (χ3n) is 4.69. The Hall–Kier alpha value is -0.830. The molecule has 1 saturated heterocycles. The van der Waals surface area contributed by atoms with Crippen LogP contribution in [0.2, 0.25) is 0 Å². The van der Waals surface area contributed by atoms with E-state index in [1.165, 1.54) is 32.1 Å². The Bertz CT molecular complexity index is 500. The van der Waals surface area contributed by atoms with Crippen molar-refractivity contribution in [1.82, 2.24) is 4.90 Å². The highest BCUT2D eigenvalue weighted by Gasteiger charge is 2.38. The monoisotopic (exact) mass is 321 g/mol.